The summed E-state index contributed by atoms with van der Waals surface area (Å²) in [6.45, 7) is 1.97. The molecule has 0 saturated heterocycles. The summed E-state index contributed by atoms with van der Waals surface area (Å²) in [6, 6.07) is 12.4. The summed E-state index contributed by atoms with van der Waals surface area (Å²) in [5, 5.41) is 0. The average molecular weight is 259 g/mol. The second-order valence-corrected chi connectivity index (χ2v) is 4.99. The van der Waals surface area contributed by atoms with Gasteiger partial charge in [0.15, 0.2) is 0 Å². The van der Waals surface area contributed by atoms with E-state index in [9.17, 15) is 0 Å². The molecule has 4 heteroatoms. The lowest BCUT2D eigenvalue weighted by Crippen LogP contribution is -2.28. The fourth-order valence-corrected chi connectivity index (χ4v) is 2.24. The second kappa shape index (κ2) is 6.00. The zero-order valence-electron chi connectivity index (χ0n) is 10.6. The van der Waals surface area contributed by atoms with Crippen LogP contribution in [0.5, 0.6) is 0 Å². The van der Waals surface area contributed by atoms with Gasteiger partial charge in [-0.3, -0.25) is 10.8 Å². The van der Waals surface area contributed by atoms with Crippen LogP contribution in [0.15, 0.2) is 47.5 Å². The highest BCUT2D eigenvalue weighted by Gasteiger charge is 2.12. The number of nitrogens with zero attached hydrogens (tertiary/aromatic N) is 1. The van der Waals surface area contributed by atoms with E-state index in [-0.39, 0.29) is 6.04 Å². The van der Waals surface area contributed by atoms with Crippen LogP contribution in [0, 0.1) is 6.92 Å². The normalized spacial score (nSPS) is 12.4. The summed E-state index contributed by atoms with van der Waals surface area (Å²) in [6.07, 6.45) is 3.93. The van der Waals surface area contributed by atoms with Crippen molar-refractivity contribution in [2.24, 2.45) is 5.84 Å². The average Bonchev–Trinajstić information content (AvgIpc) is 2.42. The summed E-state index contributed by atoms with van der Waals surface area (Å²) in [7, 11) is 0. The minimum Gasteiger partial charge on any atom is -0.271 e. The molecule has 3 N–H and O–H groups in total. The number of pyridine rings is 1. The summed E-state index contributed by atoms with van der Waals surface area (Å²) >= 11 is 1.73. The third kappa shape index (κ3) is 2.90. The fraction of sp³-hybridized carbons (Fsp3) is 0.214. The van der Waals surface area contributed by atoms with E-state index in [0.29, 0.717) is 0 Å². The monoisotopic (exact) mass is 259 g/mol. The summed E-state index contributed by atoms with van der Waals surface area (Å²) < 4.78 is 0. The molecule has 0 amide bonds. The number of benzene rings is 1. The molecule has 1 aromatic heterocycles. The molecule has 0 radical (unpaired) electrons. The number of aryl methyl sites for hydroxylation is 1. The van der Waals surface area contributed by atoms with Gasteiger partial charge in [0, 0.05) is 16.8 Å². The van der Waals surface area contributed by atoms with Crippen molar-refractivity contribution in [3.05, 3.63) is 59.4 Å². The molecule has 2 rings (SSSR count). The molecule has 0 aliphatic carbocycles. The fourth-order valence-electron chi connectivity index (χ4n) is 1.83. The van der Waals surface area contributed by atoms with Gasteiger partial charge in [-0.25, -0.2) is 5.43 Å². The maximum absolute atomic E-state index is 5.66. The van der Waals surface area contributed by atoms with Gasteiger partial charge in [0.2, 0.25) is 0 Å². The van der Waals surface area contributed by atoms with Crippen LogP contribution in [0.4, 0.5) is 0 Å². The predicted molar refractivity (Wildman–Crippen MR) is 76.4 cm³/mol. The van der Waals surface area contributed by atoms with Crippen LogP contribution >= 0.6 is 11.8 Å². The van der Waals surface area contributed by atoms with Gasteiger partial charge in [-0.15, -0.1) is 11.8 Å². The Balaban J connectivity index is 2.29. The summed E-state index contributed by atoms with van der Waals surface area (Å²) in [4.78, 5) is 5.55. The predicted octanol–water partition coefficient (Wildman–Crippen LogP) is 2.66. The first-order chi connectivity index (χ1) is 8.74. The van der Waals surface area contributed by atoms with Crippen molar-refractivity contribution in [1.29, 1.82) is 0 Å². The largest absolute Gasteiger partial charge is 0.271 e. The van der Waals surface area contributed by atoms with Crippen molar-refractivity contribution in [3.8, 4) is 0 Å². The van der Waals surface area contributed by atoms with E-state index >= 15 is 0 Å². The molecule has 0 aliphatic heterocycles. The number of hydrazine groups is 1. The van der Waals surface area contributed by atoms with Crippen LogP contribution < -0.4 is 11.3 Å². The molecule has 0 saturated carbocycles. The number of hydrogen-bond acceptors (Lipinski definition) is 4. The Kier molecular flexibility index (Phi) is 4.36. The highest BCUT2D eigenvalue weighted by Crippen LogP contribution is 2.23. The van der Waals surface area contributed by atoms with Crippen molar-refractivity contribution in [1.82, 2.24) is 10.4 Å². The molecule has 3 nitrogen and oxygen atoms in total. The number of rotatable bonds is 4. The van der Waals surface area contributed by atoms with Crippen LogP contribution in [0.25, 0.3) is 0 Å². The maximum atomic E-state index is 5.66. The molecule has 18 heavy (non-hydrogen) atoms. The van der Waals surface area contributed by atoms with Crippen molar-refractivity contribution in [2.75, 3.05) is 6.26 Å². The lowest BCUT2D eigenvalue weighted by atomic mass is 10.0. The standard InChI is InChI=1S/C14H17N3S/c1-10-3-4-12(9-16-10)14(17-15)11-5-7-13(18-2)8-6-11/h3-9,14,17H,15H2,1-2H3. The van der Waals surface area contributed by atoms with Crippen LogP contribution in [-0.4, -0.2) is 11.2 Å². The molecule has 1 heterocycles. The molecule has 0 aliphatic rings. The van der Waals surface area contributed by atoms with Crippen molar-refractivity contribution in [2.45, 2.75) is 17.9 Å². The smallest absolute Gasteiger partial charge is 0.0725 e. The van der Waals surface area contributed by atoms with Crippen LogP contribution in [0.3, 0.4) is 0 Å². The zero-order chi connectivity index (χ0) is 13.0. The molecule has 0 spiro atoms. The number of nitrogens with one attached hydrogen (secondary N) is 1. The lowest BCUT2D eigenvalue weighted by molar-refractivity contribution is 0.634. The summed E-state index contributed by atoms with van der Waals surface area (Å²) in [5.74, 6) is 5.66. The van der Waals surface area contributed by atoms with Gasteiger partial charge in [0.1, 0.15) is 0 Å². The molecule has 1 unspecified atom stereocenters. The van der Waals surface area contributed by atoms with Gasteiger partial charge < -0.3 is 0 Å². The molecule has 94 valence electrons. The topological polar surface area (TPSA) is 50.9 Å². The van der Waals surface area contributed by atoms with Crippen LogP contribution in [0.1, 0.15) is 22.9 Å². The SMILES string of the molecule is CSc1ccc(C(NN)c2ccc(C)nc2)cc1. The van der Waals surface area contributed by atoms with E-state index in [0.717, 1.165) is 16.8 Å². The minimum atomic E-state index is -0.0194. The Hall–Kier alpha value is -1.36. The maximum Gasteiger partial charge on any atom is 0.0725 e. The second-order valence-electron chi connectivity index (χ2n) is 4.11. The first-order valence-corrected chi connectivity index (χ1v) is 6.99. The minimum absolute atomic E-state index is 0.0194. The van der Waals surface area contributed by atoms with Gasteiger partial charge in [-0.2, -0.15) is 0 Å². The Morgan fingerprint density at radius 1 is 1.11 bits per heavy atom. The van der Waals surface area contributed by atoms with E-state index in [2.05, 4.69) is 47.0 Å². The highest BCUT2D eigenvalue weighted by atomic mass is 32.2. The quantitative estimate of drug-likeness (QED) is 0.503. The van der Waals surface area contributed by atoms with Crippen LogP contribution in [0.2, 0.25) is 0 Å². The number of aromatic nitrogens is 1. The molecule has 0 fully saturated rings. The molecule has 0 bridgehead atoms. The Morgan fingerprint density at radius 2 is 1.78 bits per heavy atom. The molecule has 1 aromatic carbocycles. The van der Waals surface area contributed by atoms with Gasteiger partial charge in [-0.05, 0) is 42.5 Å². The van der Waals surface area contributed by atoms with Crippen LogP contribution in [-0.2, 0) is 0 Å². The zero-order valence-corrected chi connectivity index (χ0v) is 11.4. The molecule has 1 atom stereocenters. The van der Waals surface area contributed by atoms with Gasteiger partial charge in [-0.1, -0.05) is 18.2 Å². The highest BCUT2D eigenvalue weighted by molar-refractivity contribution is 7.98. The lowest BCUT2D eigenvalue weighted by Gasteiger charge is -2.17. The molecular weight excluding hydrogens is 242 g/mol. The number of nitrogens with two attached hydrogens (primary N) is 1. The summed E-state index contributed by atoms with van der Waals surface area (Å²) in [5.41, 5.74) is 6.06. The number of thioether (sulfide) groups is 1. The Bertz CT molecular complexity index is 493. The third-order valence-electron chi connectivity index (χ3n) is 2.88. The third-order valence-corrected chi connectivity index (χ3v) is 3.63. The Morgan fingerprint density at radius 3 is 2.28 bits per heavy atom. The number of hydrogen-bond donors (Lipinski definition) is 2. The van der Waals surface area contributed by atoms with Gasteiger partial charge in [0.05, 0.1) is 6.04 Å². The Labute approximate surface area is 112 Å². The van der Waals surface area contributed by atoms with Crippen molar-refractivity contribution >= 4 is 11.8 Å². The van der Waals surface area contributed by atoms with Gasteiger partial charge in [0.25, 0.3) is 0 Å². The molecular formula is C14H17N3S. The molecule has 2 aromatic rings. The van der Waals surface area contributed by atoms with E-state index in [4.69, 9.17) is 5.84 Å². The first-order valence-electron chi connectivity index (χ1n) is 5.77. The van der Waals surface area contributed by atoms with Crippen molar-refractivity contribution < 1.29 is 0 Å². The van der Waals surface area contributed by atoms with E-state index < -0.39 is 0 Å². The van der Waals surface area contributed by atoms with E-state index in [1.807, 2.05) is 19.2 Å². The first kappa shape index (κ1) is 13.1. The van der Waals surface area contributed by atoms with Crippen molar-refractivity contribution in [3.63, 3.8) is 0 Å². The van der Waals surface area contributed by atoms with Gasteiger partial charge >= 0.3 is 0 Å². The van der Waals surface area contributed by atoms with E-state index in [1.165, 1.54) is 4.90 Å². The van der Waals surface area contributed by atoms with E-state index in [1.54, 1.807) is 11.8 Å².